The fourth-order valence-corrected chi connectivity index (χ4v) is 7.23. The van der Waals surface area contributed by atoms with Crippen molar-refractivity contribution in [2.24, 2.45) is 0 Å². The van der Waals surface area contributed by atoms with Crippen molar-refractivity contribution >= 4 is 40.5 Å². The molecule has 0 saturated carbocycles. The smallest absolute Gasteiger partial charge is 0.253 e. The molecular formula is C36H39N7O3. The van der Waals surface area contributed by atoms with Crippen LogP contribution < -0.4 is 10.6 Å². The third-order valence-corrected chi connectivity index (χ3v) is 9.77. The number of carbonyl (C=O) groups is 3. The fraction of sp³-hybridized carbons (Fsp3) is 0.389. The second kappa shape index (κ2) is 12.2. The van der Waals surface area contributed by atoms with E-state index in [0.717, 1.165) is 82.9 Å². The summed E-state index contributed by atoms with van der Waals surface area (Å²) >= 11 is 0. The largest absolute Gasteiger partial charge is 0.344 e. The maximum absolute atomic E-state index is 13.9. The van der Waals surface area contributed by atoms with Gasteiger partial charge in [-0.2, -0.15) is 5.10 Å². The fourth-order valence-electron chi connectivity index (χ4n) is 7.23. The maximum atomic E-state index is 13.9. The quantitative estimate of drug-likeness (QED) is 0.296. The van der Waals surface area contributed by atoms with Gasteiger partial charge in [0, 0.05) is 55.5 Å². The van der Waals surface area contributed by atoms with E-state index in [1.165, 1.54) is 0 Å². The molecule has 7 rings (SSSR count). The summed E-state index contributed by atoms with van der Waals surface area (Å²) in [5.41, 5.74) is 6.01. The molecule has 236 valence electrons. The van der Waals surface area contributed by atoms with Crippen LogP contribution in [0, 0.1) is 6.92 Å². The summed E-state index contributed by atoms with van der Waals surface area (Å²) < 4.78 is 0. The van der Waals surface area contributed by atoms with Crippen LogP contribution >= 0.6 is 0 Å². The Kier molecular flexibility index (Phi) is 7.88. The Bertz CT molecular complexity index is 1880. The van der Waals surface area contributed by atoms with Crippen LogP contribution in [0.2, 0.25) is 0 Å². The molecule has 10 nitrogen and oxygen atoms in total. The molecule has 3 aromatic heterocycles. The van der Waals surface area contributed by atoms with Crippen molar-refractivity contribution in [1.82, 2.24) is 30.4 Å². The van der Waals surface area contributed by atoms with E-state index in [1.807, 2.05) is 32.2 Å². The minimum Gasteiger partial charge on any atom is -0.344 e. The van der Waals surface area contributed by atoms with E-state index >= 15 is 0 Å². The van der Waals surface area contributed by atoms with Gasteiger partial charge in [0.15, 0.2) is 0 Å². The number of H-pyrrole nitrogens is 1. The van der Waals surface area contributed by atoms with Gasteiger partial charge in [-0.3, -0.25) is 24.5 Å². The third-order valence-electron chi connectivity index (χ3n) is 9.77. The first-order valence-electron chi connectivity index (χ1n) is 16.3. The molecule has 0 saturated heterocycles. The van der Waals surface area contributed by atoms with Crippen LogP contribution in [0.25, 0.3) is 17.0 Å². The first-order valence-corrected chi connectivity index (χ1v) is 16.3. The number of hydrogen-bond donors (Lipinski definition) is 3. The van der Waals surface area contributed by atoms with E-state index in [0.29, 0.717) is 37.2 Å². The molecule has 1 aromatic carbocycles. The molecule has 1 aliphatic carbocycles. The summed E-state index contributed by atoms with van der Waals surface area (Å²) in [7, 11) is 1.82. The van der Waals surface area contributed by atoms with Gasteiger partial charge in [0.2, 0.25) is 11.8 Å². The normalized spacial score (nSPS) is 22.8. The molecule has 4 aromatic rings. The van der Waals surface area contributed by atoms with Crippen molar-refractivity contribution in [1.29, 1.82) is 0 Å². The molecular weight excluding hydrogens is 578 g/mol. The van der Waals surface area contributed by atoms with Crippen molar-refractivity contribution in [3.8, 4) is 0 Å². The van der Waals surface area contributed by atoms with Gasteiger partial charge in [-0.25, -0.2) is 4.98 Å². The Balaban J connectivity index is 1.20. The molecule has 2 aliphatic heterocycles. The lowest BCUT2D eigenvalue weighted by atomic mass is 9.79. The summed E-state index contributed by atoms with van der Waals surface area (Å²) in [6, 6.07) is 7.19. The summed E-state index contributed by atoms with van der Waals surface area (Å²) in [5, 5.41) is 14.2. The van der Waals surface area contributed by atoms with E-state index in [-0.39, 0.29) is 17.7 Å². The SMILES string of the molecule is Cc1cc(C[C@H]2NC(=O)c3cnc4c(c3)C[C@@]3(C4)C(=O)Nc4ncc(cc43)/C=C/CCCCCCCN(C)C2=O)cc2cn[nH]c12. The van der Waals surface area contributed by atoms with Gasteiger partial charge in [-0.05, 0) is 73.1 Å². The lowest BCUT2D eigenvalue weighted by Crippen LogP contribution is -2.48. The number of anilines is 1. The molecule has 0 radical (unpaired) electrons. The van der Waals surface area contributed by atoms with Gasteiger partial charge >= 0.3 is 0 Å². The molecule has 3 amide bonds. The number of nitrogens with one attached hydrogen (secondary N) is 3. The zero-order valence-electron chi connectivity index (χ0n) is 26.4. The highest BCUT2D eigenvalue weighted by atomic mass is 16.2. The predicted molar refractivity (Wildman–Crippen MR) is 176 cm³/mol. The molecule has 3 aliphatic rings. The van der Waals surface area contributed by atoms with Crippen LogP contribution in [0.5, 0.6) is 0 Å². The van der Waals surface area contributed by atoms with Crippen molar-refractivity contribution in [2.45, 2.75) is 76.2 Å². The van der Waals surface area contributed by atoms with Crippen molar-refractivity contribution in [2.75, 3.05) is 18.9 Å². The average Bonchev–Trinajstić information content (AvgIpc) is 3.75. The molecule has 46 heavy (non-hydrogen) atoms. The van der Waals surface area contributed by atoms with Crippen molar-refractivity contribution in [3.63, 3.8) is 0 Å². The van der Waals surface area contributed by atoms with Gasteiger partial charge in [-0.1, -0.05) is 37.5 Å². The zero-order chi connectivity index (χ0) is 31.8. The number of aromatic nitrogens is 4. The Labute approximate surface area is 268 Å². The van der Waals surface area contributed by atoms with Gasteiger partial charge < -0.3 is 15.5 Å². The Morgan fingerprint density at radius 3 is 2.70 bits per heavy atom. The van der Waals surface area contributed by atoms with Crippen molar-refractivity contribution < 1.29 is 14.4 Å². The number of hydrogen-bond acceptors (Lipinski definition) is 6. The van der Waals surface area contributed by atoms with E-state index < -0.39 is 11.5 Å². The summed E-state index contributed by atoms with van der Waals surface area (Å²) in [6.07, 6.45) is 16.8. The number of likely N-dealkylation sites (N-methyl/N-ethyl adjacent to an activating group) is 1. The number of rotatable bonds is 2. The second-order valence-corrected chi connectivity index (χ2v) is 13.1. The molecule has 5 heterocycles. The van der Waals surface area contributed by atoms with Gasteiger partial charge in [0.05, 0.1) is 22.7 Å². The number of allylic oxidation sites excluding steroid dienone is 1. The van der Waals surface area contributed by atoms with Gasteiger partial charge in [0.1, 0.15) is 11.9 Å². The molecule has 10 heteroatoms. The Hall–Kier alpha value is -4.86. The van der Waals surface area contributed by atoms with Crippen LogP contribution in [-0.4, -0.2) is 62.4 Å². The first-order chi connectivity index (χ1) is 22.3. The molecule has 0 unspecified atom stereocenters. The van der Waals surface area contributed by atoms with Crippen LogP contribution in [0.1, 0.15) is 82.4 Å². The standard InChI is InChI=1S/C36H39N7O3/c1-22-12-24(13-26-21-39-42-31(22)26)15-29-34(45)43(2)11-9-7-5-3-4-6-8-10-23-14-28-32(38-19-23)41-35(46)36(28)17-25-16-27(33(44)40-29)20-37-30(25)18-36/h8,10,12-14,16,19-21,29H,3-7,9,11,15,17-18H2,1-2H3,(H,39,42)(H,40,44)(H,38,41,46)/b10-8+/t29-,36+/m1/s1. The van der Waals surface area contributed by atoms with Crippen molar-refractivity contribution in [3.05, 3.63) is 88.0 Å². The predicted octanol–water partition coefficient (Wildman–Crippen LogP) is 4.82. The highest BCUT2D eigenvalue weighted by Gasteiger charge is 2.52. The number of benzene rings is 1. The monoisotopic (exact) mass is 617 g/mol. The molecule has 0 fully saturated rings. The highest BCUT2D eigenvalue weighted by molar-refractivity contribution is 6.06. The summed E-state index contributed by atoms with van der Waals surface area (Å²) in [6.45, 7) is 2.63. The number of pyridine rings is 2. The number of fused-ring (bicyclic) bond motifs is 3. The first kappa shape index (κ1) is 29.8. The molecule has 2 atom stereocenters. The van der Waals surface area contributed by atoms with Crippen LogP contribution in [0.3, 0.4) is 0 Å². The van der Waals surface area contributed by atoms with Gasteiger partial charge in [0.25, 0.3) is 5.91 Å². The molecule has 3 N–H and O–H groups in total. The number of amides is 3. The van der Waals surface area contributed by atoms with Crippen LogP contribution in [0.15, 0.2) is 48.9 Å². The van der Waals surface area contributed by atoms with Crippen LogP contribution in [-0.2, 0) is 34.3 Å². The van der Waals surface area contributed by atoms with Gasteiger partial charge in [-0.15, -0.1) is 0 Å². The number of aromatic amines is 1. The minimum atomic E-state index is -0.807. The lowest BCUT2D eigenvalue weighted by Gasteiger charge is -2.25. The second-order valence-electron chi connectivity index (χ2n) is 13.1. The number of aryl methyl sites for hydroxylation is 1. The zero-order valence-corrected chi connectivity index (χ0v) is 26.4. The maximum Gasteiger partial charge on any atom is 0.253 e. The van der Waals surface area contributed by atoms with E-state index in [1.54, 1.807) is 23.5 Å². The topological polar surface area (TPSA) is 133 Å². The highest BCUT2D eigenvalue weighted by Crippen LogP contribution is 2.46. The van der Waals surface area contributed by atoms with E-state index in [2.05, 4.69) is 49.0 Å². The third kappa shape index (κ3) is 5.57. The summed E-state index contributed by atoms with van der Waals surface area (Å²) in [5.74, 6) is 0.0164. The average molecular weight is 618 g/mol. The molecule has 1 spiro atoms. The Morgan fingerprint density at radius 2 is 1.80 bits per heavy atom. The number of nitrogens with zero attached hydrogens (tertiary/aromatic N) is 4. The Morgan fingerprint density at radius 1 is 0.957 bits per heavy atom. The molecule has 5 bridgehead atoms. The lowest BCUT2D eigenvalue weighted by molar-refractivity contribution is -0.132. The number of carbonyl (C=O) groups excluding carboxylic acids is 3. The van der Waals surface area contributed by atoms with E-state index in [4.69, 9.17) is 0 Å². The van der Waals surface area contributed by atoms with E-state index in [9.17, 15) is 14.4 Å². The summed E-state index contributed by atoms with van der Waals surface area (Å²) in [4.78, 5) is 52.1. The van der Waals surface area contributed by atoms with Crippen LogP contribution in [0.4, 0.5) is 5.82 Å². The minimum absolute atomic E-state index is 0.0897.